The van der Waals surface area contributed by atoms with Crippen molar-refractivity contribution >= 4 is 29.9 Å². The number of alkyl halides is 3. The summed E-state index contributed by atoms with van der Waals surface area (Å²) in [5.41, 5.74) is 0.902. The van der Waals surface area contributed by atoms with E-state index in [2.05, 4.69) is 10.3 Å². The Bertz CT molecular complexity index is 899. The summed E-state index contributed by atoms with van der Waals surface area (Å²) in [6.45, 7) is 0.439. The standard InChI is InChI=1S/C17H18BF3N4O2S/c1-24-9-11(22-23-24)7-12-8-16(3-4-25(12)15(26)17(19,20)21)14-10(2-5-27-16)6-13(18)28-14/h6,9,12H,2-5,7-8H2,1H3. The zero-order valence-corrected chi connectivity index (χ0v) is 16.0. The molecule has 4 heterocycles. The van der Waals surface area contributed by atoms with E-state index in [0.29, 0.717) is 23.5 Å². The summed E-state index contributed by atoms with van der Waals surface area (Å²) in [6.07, 6.45) is -1.80. The van der Waals surface area contributed by atoms with Crippen LogP contribution in [0.25, 0.3) is 0 Å². The van der Waals surface area contributed by atoms with Crippen molar-refractivity contribution in [2.45, 2.75) is 43.5 Å². The van der Waals surface area contributed by atoms with E-state index in [1.807, 2.05) is 6.07 Å². The largest absolute Gasteiger partial charge is 0.471 e. The van der Waals surface area contributed by atoms with E-state index < -0.39 is 23.7 Å². The van der Waals surface area contributed by atoms with Crippen molar-refractivity contribution in [2.75, 3.05) is 13.2 Å². The molecule has 2 aromatic heterocycles. The average molecular weight is 410 g/mol. The van der Waals surface area contributed by atoms with Gasteiger partial charge in [-0.3, -0.25) is 9.48 Å². The Morgan fingerprint density at radius 1 is 1.50 bits per heavy atom. The Labute approximate surface area is 165 Å². The molecule has 0 aliphatic carbocycles. The maximum atomic E-state index is 13.2. The zero-order chi connectivity index (χ0) is 20.1. The molecule has 1 amide bonds. The predicted octanol–water partition coefficient (Wildman–Crippen LogP) is 1.23. The summed E-state index contributed by atoms with van der Waals surface area (Å²) in [6, 6.07) is 1.21. The summed E-state index contributed by atoms with van der Waals surface area (Å²) < 4.78 is 47.7. The number of aryl methyl sites for hydroxylation is 1. The fourth-order valence-electron chi connectivity index (χ4n) is 4.20. The third-order valence-electron chi connectivity index (χ3n) is 5.35. The second kappa shape index (κ2) is 6.87. The number of likely N-dealkylation sites (tertiary alicyclic amines) is 1. The van der Waals surface area contributed by atoms with Gasteiger partial charge in [-0.25, -0.2) is 0 Å². The molecule has 2 aromatic rings. The zero-order valence-electron chi connectivity index (χ0n) is 15.2. The summed E-state index contributed by atoms with van der Waals surface area (Å²) in [7, 11) is 7.65. The van der Waals surface area contributed by atoms with Crippen molar-refractivity contribution in [1.82, 2.24) is 19.9 Å². The minimum Gasteiger partial charge on any atom is -0.369 e. The van der Waals surface area contributed by atoms with Crippen molar-refractivity contribution in [3.05, 3.63) is 28.4 Å². The van der Waals surface area contributed by atoms with Crippen LogP contribution < -0.4 is 4.78 Å². The van der Waals surface area contributed by atoms with Crippen LogP contribution in [0.2, 0.25) is 0 Å². The summed E-state index contributed by atoms with van der Waals surface area (Å²) in [5.74, 6) is -1.82. The highest BCUT2D eigenvalue weighted by molar-refractivity contribution is 7.20. The molecule has 0 aromatic carbocycles. The van der Waals surface area contributed by atoms with Crippen LogP contribution in [0.15, 0.2) is 12.3 Å². The number of halogens is 3. The molecule has 2 unspecified atom stereocenters. The second-order valence-electron chi connectivity index (χ2n) is 7.29. The minimum atomic E-state index is -4.92. The van der Waals surface area contributed by atoms with Crippen LogP contribution >= 0.6 is 11.3 Å². The molecule has 2 radical (unpaired) electrons. The van der Waals surface area contributed by atoms with Gasteiger partial charge < -0.3 is 9.64 Å². The number of aromatic nitrogens is 3. The number of thiophene rings is 1. The fraction of sp³-hybridized carbons (Fsp3) is 0.588. The van der Waals surface area contributed by atoms with Crippen molar-refractivity contribution in [3.63, 3.8) is 0 Å². The van der Waals surface area contributed by atoms with Gasteiger partial charge in [-0.1, -0.05) is 11.3 Å². The van der Waals surface area contributed by atoms with Gasteiger partial charge in [0.15, 0.2) is 0 Å². The third-order valence-corrected chi connectivity index (χ3v) is 6.54. The minimum absolute atomic E-state index is 0.0412. The Balaban J connectivity index is 1.67. The van der Waals surface area contributed by atoms with Crippen LogP contribution in [-0.2, 0) is 35.0 Å². The molecule has 0 bridgehead atoms. The molecule has 0 saturated carbocycles. The number of hydrogen-bond acceptors (Lipinski definition) is 5. The highest BCUT2D eigenvalue weighted by atomic mass is 32.1. The van der Waals surface area contributed by atoms with Crippen molar-refractivity contribution in [3.8, 4) is 0 Å². The molecule has 1 saturated heterocycles. The number of carbonyl (C=O) groups excluding carboxylic acids is 1. The highest BCUT2D eigenvalue weighted by Crippen LogP contribution is 2.46. The second-order valence-corrected chi connectivity index (χ2v) is 8.37. The summed E-state index contributed by atoms with van der Waals surface area (Å²) in [4.78, 5) is 13.9. The number of fused-ring (bicyclic) bond motifs is 2. The van der Waals surface area contributed by atoms with Gasteiger partial charge >= 0.3 is 12.1 Å². The van der Waals surface area contributed by atoms with E-state index in [4.69, 9.17) is 12.6 Å². The Kier molecular flexibility index (Phi) is 4.77. The first-order valence-corrected chi connectivity index (χ1v) is 9.75. The van der Waals surface area contributed by atoms with E-state index in [0.717, 1.165) is 21.8 Å². The molecule has 1 spiro atoms. The van der Waals surface area contributed by atoms with Crippen LogP contribution in [-0.4, -0.2) is 59.0 Å². The Morgan fingerprint density at radius 3 is 2.96 bits per heavy atom. The number of carbonyl (C=O) groups is 1. The molecule has 148 valence electrons. The summed E-state index contributed by atoms with van der Waals surface area (Å²) in [5, 5.41) is 7.82. The number of rotatable bonds is 2. The normalized spacial score (nSPS) is 25.1. The molecule has 6 nitrogen and oxygen atoms in total. The first kappa shape index (κ1) is 19.4. The lowest BCUT2D eigenvalue weighted by atomic mass is 9.80. The first-order chi connectivity index (χ1) is 13.2. The molecule has 0 N–H and O–H groups in total. The fourth-order valence-corrected chi connectivity index (χ4v) is 5.36. The van der Waals surface area contributed by atoms with Gasteiger partial charge in [0, 0.05) is 43.5 Å². The molecular formula is C17H18BF3N4O2S. The van der Waals surface area contributed by atoms with E-state index in [1.54, 1.807) is 13.2 Å². The van der Waals surface area contributed by atoms with Gasteiger partial charge in [0.05, 0.1) is 12.3 Å². The van der Waals surface area contributed by atoms with Gasteiger partial charge in [0.2, 0.25) is 0 Å². The lowest BCUT2D eigenvalue weighted by Gasteiger charge is -2.48. The number of hydrogen-bond donors (Lipinski definition) is 0. The molecule has 2 atom stereocenters. The number of piperidine rings is 1. The molecule has 28 heavy (non-hydrogen) atoms. The van der Waals surface area contributed by atoms with E-state index >= 15 is 0 Å². The van der Waals surface area contributed by atoms with Crippen molar-refractivity contribution in [2.24, 2.45) is 7.05 Å². The monoisotopic (exact) mass is 410 g/mol. The molecule has 2 aliphatic heterocycles. The van der Waals surface area contributed by atoms with Gasteiger partial charge in [0.1, 0.15) is 13.4 Å². The Morgan fingerprint density at radius 2 is 2.29 bits per heavy atom. The van der Waals surface area contributed by atoms with Crippen molar-refractivity contribution < 1.29 is 22.7 Å². The predicted molar refractivity (Wildman–Crippen MR) is 96.5 cm³/mol. The molecular weight excluding hydrogens is 392 g/mol. The lowest BCUT2D eigenvalue weighted by Crippen LogP contribution is -2.56. The van der Waals surface area contributed by atoms with Gasteiger partial charge in [-0.05, 0) is 23.2 Å². The number of ether oxygens (including phenoxy) is 1. The van der Waals surface area contributed by atoms with Gasteiger partial charge in [-0.2, -0.15) is 24.5 Å². The van der Waals surface area contributed by atoms with E-state index in [1.165, 1.54) is 16.0 Å². The van der Waals surface area contributed by atoms with Crippen LogP contribution in [0.3, 0.4) is 0 Å². The molecule has 11 heteroatoms. The Hall–Kier alpha value is -1.88. The van der Waals surface area contributed by atoms with Crippen LogP contribution in [0, 0.1) is 0 Å². The molecule has 1 fully saturated rings. The molecule has 4 rings (SSSR count). The van der Waals surface area contributed by atoms with E-state index in [-0.39, 0.29) is 19.4 Å². The van der Waals surface area contributed by atoms with Gasteiger partial charge in [-0.15, -0.1) is 5.10 Å². The first-order valence-electron chi connectivity index (χ1n) is 8.93. The third kappa shape index (κ3) is 3.45. The van der Waals surface area contributed by atoms with Crippen LogP contribution in [0.5, 0.6) is 0 Å². The summed E-state index contributed by atoms with van der Waals surface area (Å²) >= 11 is 1.42. The van der Waals surface area contributed by atoms with Crippen LogP contribution in [0.1, 0.15) is 29.0 Å². The average Bonchev–Trinajstić information content (AvgIpc) is 3.20. The quantitative estimate of drug-likeness (QED) is 0.700. The van der Waals surface area contributed by atoms with E-state index in [9.17, 15) is 18.0 Å². The van der Waals surface area contributed by atoms with Crippen molar-refractivity contribution in [1.29, 1.82) is 0 Å². The topological polar surface area (TPSA) is 60.2 Å². The van der Waals surface area contributed by atoms with Crippen LogP contribution in [0.4, 0.5) is 13.2 Å². The smallest absolute Gasteiger partial charge is 0.369 e. The van der Waals surface area contributed by atoms with Gasteiger partial charge in [0.25, 0.3) is 0 Å². The lowest BCUT2D eigenvalue weighted by molar-refractivity contribution is -0.195. The number of amides is 1. The SMILES string of the molecule is [B]c1cc2c(s1)C1(CCN(C(=O)C(F)(F)F)C(Cc3cn(C)nn3)C1)OCC2. The maximum absolute atomic E-state index is 13.2. The molecule has 2 aliphatic rings. The maximum Gasteiger partial charge on any atom is 0.471 e. The highest BCUT2D eigenvalue weighted by Gasteiger charge is 2.51. The number of nitrogens with zero attached hydrogens (tertiary/aromatic N) is 4.